The molecule has 2 rings (SSSR count). The molecular formula is C12H18ClN3. The lowest BCUT2D eigenvalue weighted by atomic mass is 10.0. The van der Waals surface area contributed by atoms with E-state index < -0.39 is 0 Å². The third kappa shape index (κ3) is 2.64. The fourth-order valence-electron chi connectivity index (χ4n) is 1.80. The molecule has 1 N–H and O–H groups in total. The molecule has 0 aliphatic heterocycles. The Balaban J connectivity index is 1.92. The van der Waals surface area contributed by atoms with Crippen LogP contribution in [0.5, 0.6) is 0 Å². The number of nitrogens with zero attached hydrogens (tertiary/aromatic N) is 2. The van der Waals surface area contributed by atoms with E-state index in [2.05, 4.69) is 15.3 Å². The largest absolute Gasteiger partial charge is 0.368 e. The summed E-state index contributed by atoms with van der Waals surface area (Å²) in [6.07, 6.45) is 5.47. The third-order valence-electron chi connectivity index (χ3n) is 3.42. The number of alkyl halides is 1. The molecule has 0 bridgehead atoms. The number of rotatable bonds is 5. The molecule has 0 radical (unpaired) electrons. The highest BCUT2D eigenvalue weighted by atomic mass is 35.5. The molecule has 16 heavy (non-hydrogen) atoms. The number of aryl methyl sites for hydroxylation is 2. The zero-order valence-electron chi connectivity index (χ0n) is 9.89. The van der Waals surface area contributed by atoms with Gasteiger partial charge in [-0.05, 0) is 38.5 Å². The number of anilines is 1. The fraction of sp³-hybridized carbons (Fsp3) is 0.667. The van der Waals surface area contributed by atoms with Crippen molar-refractivity contribution in [2.75, 3.05) is 17.7 Å². The van der Waals surface area contributed by atoms with Crippen LogP contribution in [0.25, 0.3) is 0 Å². The van der Waals surface area contributed by atoms with Gasteiger partial charge in [-0.1, -0.05) is 0 Å². The van der Waals surface area contributed by atoms with E-state index >= 15 is 0 Å². The van der Waals surface area contributed by atoms with Crippen molar-refractivity contribution in [3.63, 3.8) is 0 Å². The van der Waals surface area contributed by atoms with Crippen LogP contribution in [-0.4, -0.2) is 22.4 Å². The molecule has 0 aromatic carbocycles. The molecule has 0 amide bonds. The second-order valence-corrected chi connectivity index (χ2v) is 5.10. The van der Waals surface area contributed by atoms with Gasteiger partial charge in [-0.25, -0.2) is 4.98 Å². The van der Waals surface area contributed by atoms with Crippen molar-refractivity contribution in [2.24, 2.45) is 5.41 Å². The van der Waals surface area contributed by atoms with E-state index in [-0.39, 0.29) is 0 Å². The first kappa shape index (κ1) is 11.6. The Morgan fingerprint density at radius 1 is 1.38 bits per heavy atom. The molecule has 3 nitrogen and oxygen atoms in total. The van der Waals surface area contributed by atoms with Gasteiger partial charge in [-0.15, -0.1) is 11.6 Å². The van der Waals surface area contributed by atoms with Crippen molar-refractivity contribution in [1.82, 2.24) is 9.97 Å². The number of halogens is 1. The summed E-state index contributed by atoms with van der Waals surface area (Å²) in [4.78, 5) is 8.75. The summed E-state index contributed by atoms with van der Waals surface area (Å²) in [5.74, 6) is 1.63. The molecule has 1 aromatic rings. The van der Waals surface area contributed by atoms with Gasteiger partial charge >= 0.3 is 0 Å². The summed E-state index contributed by atoms with van der Waals surface area (Å²) in [5, 5.41) is 3.37. The highest BCUT2D eigenvalue weighted by molar-refractivity contribution is 6.17. The zero-order valence-corrected chi connectivity index (χ0v) is 10.6. The van der Waals surface area contributed by atoms with Crippen molar-refractivity contribution < 1.29 is 0 Å². The zero-order chi connectivity index (χ0) is 11.6. The normalized spacial score (nSPS) is 17.2. The van der Waals surface area contributed by atoms with Crippen molar-refractivity contribution in [3.05, 3.63) is 17.6 Å². The fourth-order valence-corrected chi connectivity index (χ4v) is 2.20. The smallest absolute Gasteiger partial charge is 0.144 e. The number of nitrogens with one attached hydrogen (secondary N) is 1. The molecule has 1 aliphatic rings. The average Bonchev–Trinajstić information content (AvgIpc) is 3.01. The maximum atomic E-state index is 5.80. The molecule has 1 fully saturated rings. The van der Waals surface area contributed by atoms with Crippen LogP contribution in [0, 0.1) is 19.3 Å². The summed E-state index contributed by atoms with van der Waals surface area (Å²) in [7, 11) is 0. The first-order chi connectivity index (χ1) is 7.65. The van der Waals surface area contributed by atoms with Gasteiger partial charge in [0.25, 0.3) is 0 Å². The van der Waals surface area contributed by atoms with Crippen molar-refractivity contribution >= 4 is 17.4 Å². The first-order valence-corrected chi connectivity index (χ1v) is 6.29. The molecule has 0 unspecified atom stereocenters. The summed E-state index contributed by atoms with van der Waals surface area (Å²) in [6.45, 7) is 4.93. The van der Waals surface area contributed by atoms with Crippen LogP contribution >= 0.6 is 11.6 Å². The van der Waals surface area contributed by atoms with Gasteiger partial charge in [-0.2, -0.15) is 0 Å². The van der Waals surface area contributed by atoms with Crippen molar-refractivity contribution in [3.8, 4) is 0 Å². The molecule has 1 aromatic heterocycles. The molecule has 0 atom stereocenters. The number of aromatic nitrogens is 2. The highest BCUT2D eigenvalue weighted by Gasteiger charge is 2.41. The Kier molecular flexibility index (Phi) is 3.33. The predicted molar refractivity (Wildman–Crippen MR) is 67.0 cm³/mol. The van der Waals surface area contributed by atoms with Gasteiger partial charge < -0.3 is 5.32 Å². The van der Waals surface area contributed by atoms with Crippen LogP contribution in [0.1, 0.15) is 30.7 Å². The van der Waals surface area contributed by atoms with Crippen LogP contribution in [0.2, 0.25) is 0 Å². The van der Waals surface area contributed by atoms with Gasteiger partial charge in [0.2, 0.25) is 0 Å². The lowest BCUT2D eigenvalue weighted by molar-refractivity contribution is 0.523. The topological polar surface area (TPSA) is 37.8 Å². The molecule has 1 aliphatic carbocycles. The molecule has 1 saturated carbocycles. The quantitative estimate of drug-likeness (QED) is 0.803. The minimum Gasteiger partial charge on any atom is -0.368 e. The maximum absolute atomic E-state index is 5.80. The van der Waals surface area contributed by atoms with Gasteiger partial charge in [0.05, 0.1) is 17.6 Å². The van der Waals surface area contributed by atoms with E-state index in [0.29, 0.717) is 5.41 Å². The first-order valence-electron chi connectivity index (χ1n) is 5.75. The van der Waals surface area contributed by atoms with Crippen LogP contribution < -0.4 is 5.32 Å². The Morgan fingerprint density at radius 3 is 2.69 bits per heavy atom. The molecule has 1 heterocycles. The van der Waals surface area contributed by atoms with Crippen molar-refractivity contribution in [1.29, 1.82) is 0 Å². The van der Waals surface area contributed by atoms with E-state index in [1.165, 1.54) is 12.8 Å². The Hall–Kier alpha value is -0.830. The lowest BCUT2D eigenvalue weighted by Crippen LogP contribution is -2.17. The number of hydrogen-bond donors (Lipinski definition) is 1. The standard InChI is InChI=1S/C12H18ClN3/c1-9-10(2)16-11(7-14-9)15-8-12(3-4-12)5-6-13/h7H,3-6,8H2,1-2H3,(H,15,16). The molecule has 0 saturated heterocycles. The van der Waals surface area contributed by atoms with E-state index in [9.17, 15) is 0 Å². The van der Waals surface area contributed by atoms with Crippen LogP contribution in [-0.2, 0) is 0 Å². The summed E-state index contributed by atoms with van der Waals surface area (Å²) >= 11 is 5.80. The number of hydrogen-bond acceptors (Lipinski definition) is 3. The van der Waals surface area contributed by atoms with Gasteiger partial charge in [-0.3, -0.25) is 4.98 Å². The second kappa shape index (κ2) is 4.58. The minimum absolute atomic E-state index is 0.433. The SMILES string of the molecule is Cc1ncc(NCC2(CCCl)CC2)nc1C. The molecule has 0 spiro atoms. The van der Waals surface area contributed by atoms with Gasteiger partial charge in [0.15, 0.2) is 0 Å². The summed E-state index contributed by atoms with van der Waals surface area (Å²) in [5.41, 5.74) is 2.42. The summed E-state index contributed by atoms with van der Waals surface area (Å²) in [6, 6.07) is 0. The molecule has 88 valence electrons. The Bertz CT molecular complexity index is 375. The predicted octanol–water partition coefficient (Wildman–Crippen LogP) is 2.91. The van der Waals surface area contributed by atoms with E-state index in [1.807, 2.05) is 13.8 Å². The second-order valence-electron chi connectivity index (χ2n) is 4.72. The maximum Gasteiger partial charge on any atom is 0.144 e. The van der Waals surface area contributed by atoms with E-state index in [1.54, 1.807) is 6.20 Å². The third-order valence-corrected chi connectivity index (χ3v) is 3.61. The van der Waals surface area contributed by atoms with Gasteiger partial charge in [0, 0.05) is 12.4 Å². The van der Waals surface area contributed by atoms with Crippen LogP contribution in [0.3, 0.4) is 0 Å². The Morgan fingerprint density at radius 2 is 2.12 bits per heavy atom. The summed E-state index contributed by atoms with van der Waals surface area (Å²) < 4.78 is 0. The van der Waals surface area contributed by atoms with Crippen molar-refractivity contribution in [2.45, 2.75) is 33.1 Å². The molecular weight excluding hydrogens is 222 g/mol. The average molecular weight is 240 g/mol. The lowest BCUT2D eigenvalue weighted by Gasteiger charge is -2.15. The minimum atomic E-state index is 0.433. The van der Waals surface area contributed by atoms with E-state index in [4.69, 9.17) is 11.6 Å². The highest BCUT2D eigenvalue weighted by Crippen LogP contribution is 2.48. The van der Waals surface area contributed by atoms with Gasteiger partial charge in [0.1, 0.15) is 5.82 Å². The van der Waals surface area contributed by atoms with Crippen LogP contribution in [0.15, 0.2) is 6.20 Å². The van der Waals surface area contributed by atoms with E-state index in [0.717, 1.165) is 36.1 Å². The Labute approximate surface area is 102 Å². The molecule has 4 heteroatoms. The monoisotopic (exact) mass is 239 g/mol. The van der Waals surface area contributed by atoms with Crippen LogP contribution in [0.4, 0.5) is 5.82 Å².